The van der Waals surface area contributed by atoms with Crippen molar-refractivity contribution in [1.29, 1.82) is 5.26 Å². The van der Waals surface area contributed by atoms with Gasteiger partial charge in [0.25, 0.3) is 0 Å². The Kier molecular flexibility index (Phi) is 6.25. The van der Waals surface area contributed by atoms with Crippen LogP contribution >= 0.6 is 0 Å². The normalized spacial score (nSPS) is 11.4. The van der Waals surface area contributed by atoms with Crippen LogP contribution < -0.4 is 10.1 Å². The highest BCUT2D eigenvalue weighted by Crippen LogP contribution is 2.31. The van der Waals surface area contributed by atoms with Crippen molar-refractivity contribution < 1.29 is 14.2 Å². The minimum absolute atomic E-state index is 0.0973. The number of nitrogens with zero attached hydrogens (tertiary/aromatic N) is 7. The van der Waals surface area contributed by atoms with Gasteiger partial charge in [-0.25, -0.2) is 23.6 Å². The van der Waals surface area contributed by atoms with Gasteiger partial charge in [0.15, 0.2) is 11.6 Å². The zero-order valence-electron chi connectivity index (χ0n) is 20.1. The van der Waals surface area contributed by atoms with Crippen molar-refractivity contribution >= 4 is 11.3 Å². The third-order valence-electron chi connectivity index (χ3n) is 5.44. The van der Waals surface area contributed by atoms with E-state index in [0.717, 1.165) is 22.9 Å². The summed E-state index contributed by atoms with van der Waals surface area (Å²) in [5.74, 6) is 1.26. The molecule has 2 N–H and O–H groups in total. The number of nitriles is 1. The molecule has 0 radical (unpaired) electrons. The average molecular weight is 499 g/mol. The molecule has 5 rings (SSSR count). The van der Waals surface area contributed by atoms with Gasteiger partial charge in [-0.05, 0) is 43.7 Å². The quantitative estimate of drug-likeness (QED) is 0.331. The van der Waals surface area contributed by atoms with Crippen molar-refractivity contribution in [3.63, 3.8) is 0 Å². The maximum atomic E-state index is 13.2. The number of ether oxygens (including phenoxy) is 1. The van der Waals surface area contributed by atoms with Crippen LogP contribution in [0.2, 0.25) is 0 Å². The summed E-state index contributed by atoms with van der Waals surface area (Å²) in [6.07, 6.45) is 8.97. The predicted molar refractivity (Wildman–Crippen MR) is 134 cm³/mol. The van der Waals surface area contributed by atoms with Gasteiger partial charge >= 0.3 is 0 Å². The van der Waals surface area contributed by atoms with Crippen molar-refractivity contribution in [3.05, 3.63) is 84.5 Å². The molecule has 0 saturated heterocycles. The fourth-order valence-electron chi connectivity index (χ4n) is 3.67. The van der Waals surface area contributed by atoms with Crippen LogP contribution in [0, 0.1) is 17.1 Å². The van der Waals surface area contributed by atoms with Crippen LogP contribution in [0.15, 0.2) is 67.5 Å². The number of hydrogen-bond donors (Lipinski definition) is 2. The summed E-state index contributed by atoms with van der Waals surface area (Å²) in [5, 5.41) is 31.0. The summed E-state index contributed by atoms with van der Waals surface area (Å²) in [6, 6.07) is 11.4. The second-order valence-electron chi connectivity index (χ2n) is 9.07. The molecule has 0 fully saturated rings. The van der Waals surface area contributed by atoms with E-state index in [1.807, 2.05) is 24.3 Å². The van der Waals surface area contributed by atoms with E-state index >= 15 is 0 Å². The number of anilines is 1. The molecule has 5 aromatic rings. The number of fused-ring (bicyclic) bond motifs is 1. The number of halogens is 1. The molecule has 0 amide bonds. The molecule has 0 aliphatic carbocycles. The first-order valence-corrected chi connectivity index (χ1v) is 11.4. The Labute approximate surface area is 211 Å². The Morgan fingerprint density at radius 1 is 1.08 bits per heavy atom. The van der Waals surface area contributed by atoms with E-state index in [1.54, 1.807) is 43.0 Å². The summed E-state index contributed by atoms with van der Waals surface area (Å²) >= 11 is 0. The van der Waals surface area contributed by atoms with Crippen LogP contribution in [-0.2, 0) is 6.54 Å². The number of aliphatic hydroxyl groups is 1. The summed E-state index contributed by atoms with van der Waals surface area (Å²) in [7, 11) is 0. The van der Waals surface area contributed by atoms with Crippen LogP contribution in [0.5, 0.6) is 5.75 Å². The van der Waals surface area contributed by atoms with Gasteiger partial charge in [0, 0.05) is 30.1 Å². The Morgan fingerprint density at radius 3 is 2.59 bits per heavy atom. The number of aromatic nitrogens is 6. The van der Waals surface area contributed by atoms with E-state index in [-0.39, 0.29) is 6.61 Å². The topological polar surface area (TPSA) is 126 Å². The Balaban J connectivity index is 1.34. The van der Waals surface area contributed by atoms with Gasteiger partial charge in [-0.2, -0.15) is 15.5 Å². The fraction of sp³-hybridized carbons (Fsp3) is 0.192. The lowest BCUT2D eigenvalue weighted by atomic mass is 10.1. The van der Waals surface area contributed by atoms with Gasteiger partial charge in [-0.15, -0.1) is 0 Å². The van der Waals surface area contributed by atoms with Gasteiger partial charge in [-0.1, -0.05) is 6.07 Å². The van der Waals surface area contributed by atoms with Gasteiger partial charge in [0.2, 0.25) is 0 Å². The molecule has 0 bridgehead atoms. The molecule has 0 aromatic carbocycles. The minimum Gasteiger partial charge on any atom is -0.489 e. The minimum atomic E-state index is -1.00. The number of nitrogens with one attached hydrogen (secondary N) is 1. The maximum absolute atomic E-state index is 13.2. The van der Waals surface area contributed by atoms with Crippen molar-refractivity contribution in [2.24, 2.45) is 0 Å². The van der Waals surface area contributed by atoms with Crippen LogP contribution in [-0.4, -0.2) is 46.7 Å². The first-order chi connectivity index (χ1) is 17.8. The average Bonchev–Trinajstić information content (AvgIpc) is 3.52. The van der Waals surface area contributed by atoms with E-state index in [4.69, 9.17) is 4.74 Å². The third-order valence-corrected chi connectivity index (χ3v) is 5.44. The van der Waals surface area contributed by atoms with Crippen LogP contribution in [0.4, 0.5) is 10.2 Å². The van der Waals surface area contributed by atoms with Crippen molar-refractivity contribution in [1.82, 2.24) is 29.4 Å². The molecule has 0 unspecified atom stereocenters. The fourth-order valence-corrected chi connectivity index (χ4v) is 3.67. The molecule has 5 heterocycles. The summed E-state index contributed by atoms with van der Waals surface area (Å²) in [4.78, 5) is 8.84. The number of rotatable bonds is 8. The lowest BCUT2D eigenvalue weighted by molar-refractivity contribution is 0.0283. The number of hydrogen-bond acceptors (Lipinski definition) is 8. The van der Waals surface area contributed by atoms with Gasteiger partial charge < -0.3 is 15.2 Å². The van der Waals surface area contributed by atoms with Crippen LogP contribution in [0.3, 0.4) is 0 Å². The molecule has 0 aliphatic rings. The predicted octanol–water partition coefficient (Wildman–Crippen LogP) is 3.75. The first kappa shape index (κ1) is 23.9. The highest BCUT2D eigenvalue weighted by molar-refractivity contribution is 5.85. The molecule has 0 atom stereocenters. The molecular formula is C26H23FN8O2. The van der Waals surface area contributed by atoms with E-state index in [1.165, 1.54) is 17.1 Å². The van der Waals surface area contributed by atoms with Crippen LogP contribution in [0.1, 0.15) is 25.0 Å². The molecule has 0 spiro atoms. The molecule has 5 aromatic heterocycles. The standard InChI is InChI=1S/C26H23FN8O2/c1-26(2,36)16-37-21-7-22(25-19(8-28)12-32-35(25)15-21)18-4-5-23(30-11-18)29-9-17-3-6-24(31-10-17)34-14-20(27)13-33-34/h3-7,10-15,36H,9,16H2,1-2H3,(H,29,30). The lowest BCUT2D eigenvalue weighted by Crippen LogP contribution is -2.27. The molecule has 37 heavy (non-hydrogen) atoms. The van der Waals surface area contributed by atoms with E-state index in [9.17, 15) is 14.8 Å². The van der Waals surface area contributed by atoms with Gasteiger partial charge in [0.05, 0.1) is 41.5 Å². The first-order valence-electron chi connectivity index (χ1n) is 11.4. The van der Waals surface area contributed by atoms with Crippen molar-refractivity contribution in [2.75, 3.05) is 11.9 Å². The smallest absolute Gasteiger partial charge is 0.161 e. The highest BCUT2D eigenvalue weighted by Gasteiger charge is 2.17. The highest BCUT2D eigenvalue weighted by atomic mass is 19.1. The Bertz CT molecular complexity index is 1580. The summed E-state index contributed by atoms with van der Waals surface area (Å²) < 4.78 is 21.9. The Morgan fingerprint density at radius 2 is 1.95 bits per heavy atom. The molecule has 11 heteroatoms. The molecule has 0 saturated carbocycles. The van der Waals surface area contributed by atoms with Gasteiger partial charge in [0.1, 0.15) is 24.2 Å². The second-order valence-corrected chi connectivity index (χ2v) is 9.07. The SMILES string of the molecule is CC(C)(O)COc1cc(-c2ccc(NCc3ccc(-n4cc(F)cn4)nc3)nc2)c2c(C#N)cnn2c1. The zero-order valence-corrected chi connectivity index (χ0v) is 20.1. The van der Waals surface area contributed by atoms with E-state index in [2.05, 4.69) is 31.6 Å². The lowest BCUT2D eigenvalue weighted by Gasteiger charge is -2.18. The Hall–Kier alpha value is -4.82. The largest absolute Gasteiger partial charge is 0.489 e. The van der Waals surface area contributed by atoms with Crippen molar-refractivity contribution in [2.45, 2.75) is 26.0 Å². The van der Waals surface area contributed by atoms with E-state index in [0.29, 0.717) is 35.0 Å². The van der Waals surface area contributed by atoms with Crippen molar-refractivity contribution in [3.8, 4) is 28.8 Å². The summed E-state index contributed by atoms with van der Waals surface area (Å²) in [6.45, 7) is 3.91. The summed E-state index contributed by atoms with van der Waals surface area (Å²) in [5.41, 5.74) is 2.50. The monoisotopic (exact) mass is 498 g/mol. The third kappa shape index (κ3) is 5.39. The second kappa shape index (κ2) is 9.67. The van der Waals surface area contributed by atoms with Gasteiger partial charge in [-0.3, -0.25) is 0 Å². The number of pyridine rings is 3. The molecule has 186 valence electrons. The molecule has 0 aliphatic heterocycles. The molecular weight excluding hydrogens is 475 g/mol. The van der Waals surface area contributed by atoms with Crippen LogP contribution in [0.25, 0.3) is 22.5 Å². The van der Waals surface area contributed by atoms with E-state index < -0.39 is 11.4 Å². The maximum Gasteiger partial charge on any atom is 0.161 e. The zero-order chi connectivity index (χ0) is 26.0. The molecule has 10 nitrogen and oxygen atoms in total.